The summed E-state index contributed by atoms with van der Waals surface area (Å²) in [6.45, 7) is 2.20. The van der Waals surface area contributed by atoms with E-state index in [9.17, 15) is 4.79 Å². The normalized spacial score (nSPS) is 12.7. The van der Waals surface area contributed by atoms with Crippen LogP contribution in [0.1, 0.15) is 6.92 Å². The van der Waals surface area contributed by atoms with E-state index in [2.05, 4.69) is 4.74 Å². The van der Waals surface area contributed by atoms with Crippen molar-refractivity contribution in [2.45, 2.75) is 18.2 Å². The summed E-state index contributed by atoms with van der Waals surface area (Å²) in [5.74, 6) is -0.271. The highest BCUT2D eigenvalue weighted by atomic mass is 27.0. The van der Waals surface area contributed by atoms with Crippen LogP contribution >= 0.6 is 0 Å². The van der Waals surface area contributed by atoms with Gasteiger partial charge in [-0.2, -0.15) is 0 Å². The first-order valence-corrected chi connectivity index (χ1v) is 4.56. The summed E-state index contributed by atoms with van der Waals surface area (Å²) in [7, 11) is 0. The maximum atomic E-state index is 10.6. The molecule has 3 nitrogen and oxygen atoms in total. The average molecular weight is 145 g/mol. The molecular formula is C5H12AlNO2. The van der Waals surface area contributed by atoms with Gasteiger partial charge >= 0.3 is 5.97 Å². The maximum absolute atomic E-state index is 10.6. The second kappa shape index (κ2) is 4.81. The Bertz CT molecular complexity index is 97.0. The molecule has 0 amide bonds. The van der Waals surface area contributed by atoms with Crippen LogP contribution in [0.2, 0.25) is 5.28 Å². The van der Waals surface area contributed by atoms with Gasteiger partial charge in [0.25, 0.3) is 0 Å². The van der Waals surface area contributed by atoms with Gasteiger partial charge in [-0.3, -0.25) is 4.79 Å². The zero-order valence-electron chi connectivity index (χ0n) is 5.89. The Morgan fingerprint density at radius 1 is 1.89 bits per heavy atom. The zero-order valence-corrected chi connectivity index (χ0v) is 7.89. The minimum atomic E-state index is -0.378. The lowest BCUT2D eigenvalue weighted by Gasteiger charge is -2.05. The summed E-state index contributed by atoms with van der Waals surface area (Å²) in [6, 6.07) is -0.378. The predicted molar refractivity (Wildman–Crippen MR) is 38.0 cm³/mol. The van der Waals surface area contributed by atoms with E-state index >= 15 is 0 Å². The molecule has 0 fully saturated rings. The summed E-state index contributed by atoms with van der Waals surface area (Å²) in [6.07, 6.45) is 0. The summed E-state index contributed by atoms with van der Waals surface area (Å²) in [4.78, 5) is 10.6. The van der Waals surface area contributed by atoms with Crippen molar-refractivity contribution in [3.63, 3.8) is 0 Å². The third-order valence-corrected chi connectivity index (χ3v) is 1.91. The van der Waals surface area contributed by atoms with Crippen molar-refractivity contribution < 1.29 is 9.53 Å². The fourth-order valence-electron chi connectivity index (χ4n) is 0.416. The van der Waals surface area contributed by atoms with Crippen molar-refractivity contribution in [1.29, 1.82) is 0 Å². The fraction of sp³-hybridized carbons (Fsp3) is 0.800. The Morgan fingerprint density at radius 2 is 2.44 bits per heavy atom. The number of ether oxygens (including phenoxy) is 1. The van der Waals surface area contributed by atoms with Gasteiger partial charge in [0.2, 0.25) is 16.3 Å². The second-order valence-corrected chi connectivity index (χ2v) is 2.58. The van der Waals surface area contributed by atoms with Crippen LogP contribution in [0.15, 0.2) is 0 Å². The molecular weight excluding hydrogens is 133 g/mol. The van der Waals surface area contributed by atoms with E-state index in [1.54, 1.807) is 6.92 Å². The van der Waals surface area contributed by atoms with Gasteiger partial charge in [-0.15, -0.1) is 0 Å². The van der Waals surface area contributed by atoms with Crippen molar-refractivity contribution in [3.05, 3.63) is 0 Å². The molecule has 0 heterocycles. The highest BCUT2D eigenvalue weighted by Crippen LogP contribution is 1.87. The lowest BCUT2D eigenvalue weighted by atomic mass is 10.4. The van der Waals surface area contributed by atoms with E-state index in [0.29, 0.717) is 6.61 Å². The van der Waals surface area contributed by atoms with Crippen LogP contribution in [0, 0.1) is 0 Å². The van der Waals surface area contributed by atoms with Gasteiger partial charge in [-0.1, -0.05) is 5.28 Å². The zero-order chi connectivity index (χ0) is 7.28. The third-order valence-electron chi connectivity index (χ3n) is 1.03. The minimum absolute atomic E-state index is 0.271. The number of hydrogen-bond acceptors (Lipinski definition) is 3. The highest BCUT2D eigenvalue weighted by molar-refractivity contribution is 6.10. The van der Waals surface area contributed by atoms with Crippen molar-refractivity contribution in [1.82, 2.24) is 0 Å². The van der Waals surface area contributed by atoms with Gasteiger partial charge in [0.05, 0.1) is 12.6 Å². The lowest BCUT2D eigenvalue weighted by Crippen LogP contribution is -2.31. The van der Waals surface area contributed by atoms with Crippen molar-refractivity contribution in [3.8, 4) is 0 Å². The Kier molecular flexibility index (Phi) is 4.79. The van der Waals surface area contributed by atoms with Gasteiger partial charge in [-0.05, 0) is 6.92 Å². The molecule has 0 aliphatic heterocycles. The highest BCUT2D eigenvalue weighted by Gasteiger charge is 2.09. The molecule has 52 valence electrons. The fourth-order valence-corrected chi connectivity index (χ4v) is 0.749. The van der Waals surface area contributed by atoms with E-state index in [1.165, 1.54) is 0 Å². The Labute approximate surface area is 63.0 Å². The second-order valence-electron chi connectivity index (χ2n) is 1.77. The Balaban J connectivity index is 3.46. The quantitative estimate of drug-likeness (QED) is 0.406. The topological polar surface area (TPSA) is 52.3 Å². The smallest absolute Gasteiger partial charge is 0.321 e. The van der Waals surface area contributed by atoms with Crippen molar-refractivity contribution in [2.75, 3.05) is 6.61 Å². The van der Waals surface area contributed by atoms with E-state index in [4.69, 9.17) is 5.73 Å². The van der Waals surface area contributed by atoms with Crippen molar-refractivity contribution >= 4 is 22.3 Å². The van der Waals surface area contributed by atoms with Crippen LogP contribution in [0.4, 0.5) is 0 Å². The molecule has 0 saturated carbocycles. The average Bonchev–Trinajstić information content (AvgIpc) is 1.87. The van der Waals surface area contributed by atoms with Crippen LogP contribution in [-0.2, 0) is 9.53 Å². The molecule has 0 saturated heterocycles. The van der Waals surface area contributed by atoms with Gasteiger partial charge in [-0.25, -0.2) is 0 Å². The van der Waals surface area contributed by atoms with Gasteiger partial charge in [0, 0.05) is 0 Å². The van der Waals surface area contributed by atoms with Gasteiger partial charge in [0.1, 0.15) is 0 Å². The minimum Gasteiger partial charge on any atom is -0.465 e. The molecule has 0 radical (unpaired) electrons. The monoisotopic (exact) mass is 145 g/mol. The van der Waals surface area contributed by atoms with Crippen LogP contribution in [0.3, 0.4) is 0 Å². The standard InChI is InChI=1S/C5H10NO2.Al.2H/c1-3-8-5(7)4(2)6;;;/h4H,2-3,6H2,1H3;;;. The molecule has 1 unspecified atom stereocenters. The number of hydrogen-bond donors (Lipinski definition) is 1. The van der Waals surface area contributed by atoms with Crippen LogP contribution in [0.25, 0.3) is 0 Å². The number of esters is 1. The molecule has 0 bridgehead atoms. The molecule has 4 heteroatoms. The maximum Gasteiger partial charge on any atom is 0.321 e. The largest absolute Gasteiger partial charge is 0.465 e. The van der Waals surface area contributed by atoms with E-state index in [0.717, 1.165) is 21.6 Å². The molecule has 0 aliphatic rings. The Hall–Kier alpha value is -0.0375. The molecule has 0 rings (SSSR count). The number of carbonyl (C=O) groups excluding carboxylic acids is 1. The summed E-state index contributed by atoms with van der Waals surface area (Å²) < 4.78 is 4.65. The number of carbonyl (C=O) groups is 1. The van der Waals surface area contributed by atoms with Gasteiger partial charge < -0.3 is 10.5 Å². The molecule has 0 spiro atoms. The molecule has 0 aromatic carbocycles. The van der Waals surface area contributed by atoms with Crippen LogP contribution in [0.5, 0.6) is 0 Å². The first-order valence-electron chi connectivity index (χ1n) is 3.14. The predicted octanol–water partition coefficient (Wildman–Crippen LogP) is -1.07. The Morgan fingerprint density at radius 3 is 2.78 bits per heavy atom. The van der Waals surface area contributed by atoms with E-state index in [1.807, 2.05) is 0 Å². The summed E-state index contributed by atoms with van der Waals surface area (Å²) in [5.41, 5.74) is 5.36. The SMILES string of the molecule is CCOC(=O)C(N)[CH2][AlH2]. The first kappa shape index (κ1) is 8.96. The summed E-state index contributed by atoms with van der Waals surface area (Å²) >= 11 is 0.952. The lowest BCUT2D eigenvalue weighted by molar-refractivity contribution is -0.144. The van der Waals surface area contributed by atoms with Crippen molar-refractivity contribution in [2.24, 2.45) is 5.73 Å². The molecule has 9 heavy (non-hydrogen) atoms. The van der Waals surface area contributed by atoms with E-state index < -0.39 is 0 Å². The van der Waals surface area contributed by atoms with E-state index in [-0.39, 0.29) is 12.0 Å². The number of nitrogens with two attached hydrogens (primary N) is 1. The molecule has 0 aromatic heterocycles. The van der Waals surface area contributed by atoms with Gasteiger partial charge in [0.15, 0.2) is 0 Å². The third kappa shape index (κ3) is 3.52. The van der Waals surface area contributed by atoms with Crippen LogP contribution < -0.4 is 5.73 Å². The summed E-state index contributed by atoms with van der Waals surface area (Å²) in [5, 5.41) is 0.777. The molecule has 0 aromatic rings. The first-order chi connectivity index (χ1) is 4.22. The molecule has 2 N–H and O–H groups in total. The molecule has 1 atom stereocenters. The van der Waals surface area contributed by atoms with Crippen LogP contribution in [-0.4, -0.2) is 34.9 Å². The molecule has 0 aliphatic carbocycles. The number of rotatable bonds is 3.